The minimum Gasteiger partial charge on any atom is -0.455 e. The number of benzene rings is 1. The molecule has 2 fully saturated rings. The average Bonchev–Trinajstić information content (AvgIpc) is 2.61. The molecule has 1 amide bonds. The standard InChI is InChI=1S/C19H22N2O6/c1-11-5-6-15(9-16(11)21(25)26)20-17(22)10-27-19(24)14-7-12-3-2-4-13(8-14)18(12)23/h5-6,9,12-14H,2-4,7-8,10H2,1H3,(H,20,22). The predicted molar refractivity (Wildman–Crippen MR) is 96.0 cm³/mol. The number of nitro groups is 1. The first-order valence-electron chi connectivity index (χ1n) is 9.10. The van der Waals surface area contributed by atoms with Crippen LogP contribution in [0, 0.1) is 34.8 Å². The molecule has 1 N–H and O–H groups in total. The van der Waals surface area contributed by atoms with Crippen molar-refractivity contribution in [3.63, 3.8) is 0 Å². The van der Waals surface area contributed by atoms with E-state index in [9.17, 15) is 24.5 Å². The number of rotatable bonds is 5. The number of anilines is 1. The molecule has 2 bridgehead atoms. The summed E-state index contributed by atoms with van der Waals surface area (Å²) < 4.78 is 5.12. The lowest BCUT2D eigenvalue weighted by Gasteiger charge is -2.36. The van der Waals surface area contributed by atoms with E-state index in [-0.39, 0.29) is 34.9 Å². The third kappa shape index (κ3) is 4.32. The number of ether oxygens (including phenoxy) is 1. The number of carbonyl (C=O) groups is 3. The van der Waals surface area contributed by atoms with E-state index in [1.54, 1.807) is 13.0 Å². The van der Waals surface area contributed by atoms with Crippen LogP contribution in [-0.2, 0) is 19.1 Å². The SMILES string of the molecule is Cc1ccc(NC(=O)COC(=O)C2CC3CCCC(C2)C3=O)cc1[N+](=O)[O-]. The highest BCUT2D eigenvalue weighted by Gasteiger charge is 2.41. The van der Waals surface area contributed by atoms with Gasteiger partial charge in [-0.2, -0.15) is 0 Å². The van der Waals surface area contributed by atoms with E-state index in [0.717, 1.165) is 19.3 Å². The Labute approximate surface area is 156 Å². The van der Waals surface area contributed by atoms with Crippen LogP contribution in [0.1, 0.15) is 37.7 Å². The Morgan fingerprint density at radius 3 is 2.56 bits per heavy atom. The minimum absolute atomic E-state index is 0.0583. The Hall–Kier alpha value is -2.77. The van der Waals surface area contributed by atoms with Gasteiger partial charge in [0.2, 0.25) is 0 Å². The zero-order valence-corrected chi connectivity index (χ0v) is 15.1. The second kappa shape index (κ2) is 7.85. The van der Waals surface area contributed by atoms with Crippen molar-refractivity contribution in [3.8, 4) is 0 Å². The molecule has 0 heterocycles. The van der Waals surface area contributed by atoms with Crippen LogP contribution in [-0.4, -0.2) is 29.2 Å². The first kappa shape index (κ1) is 19.0. The second-order valence-corrected chi connectivity index (χ2v) is 7.31. The molecule has 2 unspecified atom stereocenters. The van der Waals surface area contributed by atoms with Crippen LogP contribution in [0.5, 0.6) is 0 Å². The van der Waals surface area contributed by atoms with Crippen molar-refractivity contribution in [1.82, 2.24) is 0 Å². The summed E-state index contributed by atoms with van der Waals surface area (Å²) in [6.45, 7) is 1.15. The number of Topliss-reactive ketones (excluding diaryl/α,β-unsaturated/α-hetero) is 1. The van der Waals surface area contributed by atoms with Gasteiger partial charge in [-0.3, -0.25) is 24.5 Å². The Bertz CT molecular complexity index is 774. The van der Waals surface area contributed by atoms with Crippen LogP contribution in [0.3, 0.4) is 0 Å². The van der Waals surface area contributed by atoms with Crippen LogP contribution in [0.15, 0.2) is 18.2 Å². The molecule has 0 radical (unpaired) electrons. The summed E-state index contributed by atoms with van der Waals surface area (Å²) in [5.41, 5.74) is 0.663. The molecule has 0 aromatic heterocycles. The minimum atomic E-state index is -0.561. The molecule has 0 aliphatic heterocycles. The summed E-state index contributed by atoms with van der Waals surface area (Å²) in [6, 6.07) is 4.36. The lowest BCUT2D eigenvalue weighted by Crippen LogP contribution is -2.40. The van der Waals surface area contributed by atoms with Gasteiger partial charge in [0.15, 0.2) is 6.61 Å². The van der Waals surface area contributed by atoms with Crippen LogP contribution >= 0.6 is 0 Å². The molecule has 2 aliphatic carbocycles. The summed E-state index contributed by atoms with van der Waals surface area (Å²) in [5, 5.41) is 13.4. The number of amides is 1. The summed E-state index contributed by atoms with van der Waals surface area (Å²) in [7, 11) is 0. The molecule has 8 nitrogen and oxygen atoms in total. The molecule has 0 saturated heterocycles. The van der Waals surface area contributed by atoms with Crippen molar-refractivity contribution in [2.75, 3.05) is 11.9 Å². The number of ketones is 1. The van der Waals surface area contributed by atoms with Crippen molar-refractivity contribution in [1.29, 1.82) is 0 Å². The predicted octanol–water partition coefficient (Wildman–Crippen LogP) is 2.78. The van der Waals surface area contributed by atoms with Gasteiger partial charge in [-0.25, -0.2) is 0 Å². The van der Waals surface area contributed by atoms with Gasteiger partial charge >= 0.3 is 5.97 Å². The fourth-order valence-corrected chi connectivity index (χ4v) is 4.01. The number of carbonyl (C=O) groups excluding carboxylic acids is 3. The lowest BCUT2D eigenvalue weighted by molar-refractivity contribution is -0.385. The molecule has 1 aromatic rings. The van der Waals surface area contributed by atoms with Gasteiger partial charge < -0.3 is 10.1 Å². The van der Waals surface area contributed by atoms with Gasteiger partial charge in [0.25, 0.3) is 11.6 Å². The van der Waals surface area contributed by atoms with Gasteiger partial charge in [-0.1, -0.05) is 12.5 Å². The molecule has 144 valence electrons. The van der Waals surface area contributed by atoms with E-state index in [0.29, 0.717) is 18.4 Å². The maximum absolute atomic E-state index is 12.3. The topological polar surface area (TPSA) is 116 Å². The first-order valence-corrected chi connectivity index (χ1v) is 9.10. The first-order chi connectivity index (χ1) is 12.8. The number of nitrogens with zero attached hydrogens (tertiary/aromatic N) is 1. The molecular formula is C19H22N2O6. The summed E-state index contributed by atoms with van der Waals surface area (Å²) in [6.07, 6.45) is 3.67. The lowest BCUT2D eigenvalue weighted by atomic mass is 9.67. The van der Waals surface area contributed by atoms with Crippen molar-refractivity contribution in [3.05, 3.63) is 33.9 Å². The summed E-state index contributed by atoms with van der Waals surface area (Å²) in [5.74, 6) is -1.21. The quantitative estimate of drug-likeness (QED) is 0.481. The van der Waals surface area contributed by atoms with Gasteiger partial charge in [0.05, 0.1) is 10.8 Å². The molecule has 2 aliphatic rings. The van der Waals surface area contributed by atoms with E-state index in [1.165, 1.54) is 12.1 Å². The highest BCUT2D eigenvalue weighted by Crippen LogP contribution is 2.40. The smallest absolute Gasteiger partial charge is 0.309 e. The number of nitro benzene ring substituents is 1. The third-order valence-corrected chi connectivity index (χ3v) is 5.42. The molecule has 1 aromatic carbocycles. The second-order valence-electron chi connectivity index (χ2n) is 7.31. The average molecular weight is 374 g/mol. The number of aryl methyl sites for hydroxylation is 1. The van der Waals surface area contributed by atoms with Crippen LogP contribution < -0.4 is 5.32 Å². The van der Waals surface area contributed by atoms with E-state index in [2.05, 4.69) is 5.32 Å². The molecule has 8 heteroatoms. The van der Waals surface area contributed by atoms with Crippen molar-refractivity contribution >= 4 is 29.0 Å². The molecule has 2 saturated carbocycles. The van der Waals surface area contributed by atoms with Crippen molar-refractivity contribution < 1.29 is 24.0 Å². The highest BCUT2D eigenvalue weighted by atomic mass is 16.6. The Kier molecular flexibility index (Phi) is 5.53. The number of nitrogens with one attached hydrogen (secondary N) is 1. The van der Waals surface area contributed by atoms with Gasteiger partial charge in [0.1, 0.15) is 5.78 Å². The molecule has 2 atom stereocenters. The Balaban J connectivity index is 1.52. The monoisotopic (exact) mass is 374 g/mol. The normalized spacial score (nSPS) is 24.2. The van der Waals surface area contributed by atoms with E-state index < -0.39 is 23.4 Å². The Morgan fingerprint density at radius 2 is 1.93 bits per heavy atom. The molecular weight excluding hydrogens is 352 g/mol. The van der Waals surface area contributed by atoms with E-state index in [1.807, 2.05) is 0 Å². The number of fused-ring (bicyclic) bond motifs is 2. The zero-order valence-electron chi connectivity index (χ0n) is 15.1. The number of hydrogen-bond donors (Lipinski definition) is 1. The fraction of sp³-hybridized carbons (Fsp3) is 0.526. The largest absolute Gasteiger partial charge is 0.455 e. The van der Waals surface area contributed by atoms with Crippen LogP contribution in [0.25, 0.3) is 0 Å². The van der Waals surface area contributed by atoms with E-state index >= 15 is 0 Å². The number of hydrogen-bond acceptors (Lipinski definition) is 6. The molecule has 0 spiro atoms. The van der Waals surface area contributed by atoms with Gasteiger partial charge in [-0.05, 0) is 38.7 Å². The third-order valence-electron chi connectivity index (χ3n) is 5.42. The summed E-state index contributed by atoms with van der Waals surface area (Å²) in [4.78, 5) is 46.8. The van der Waals surface area contributed by atoms with Gasteiger partial charge in [-0.15, -0.1) is 0 Å². The van der Waals surface area contributed by atoms with Crippen LogP contribution in [0.2, 0.25) is 0 Å². The number of esters is 1. The molecule has 27 heavy (non-hydrogen) atoms. The highest BCUT2D eigenvalue weighted by molar-refractivity contribution is 5.93. The van der Waals surface area contributed by atoms with Crippen molar-refractivity contribution in [2.45, 2.75) is 39.0 Å². The maximum Gasteiger partial charge on any atom is 0.309 e. The Morgan fingerprint density at radius 1 is 1.26 bits per heavy atom. The maximum atomic E-state index is 12.3. The fourth-order valence-electron chi connectivity index (χ4n) is 4.01. The van der Waals surface area contributed by atoms with Crippen molar-refractivity contribution in [2.24, 2.45) is 17.8 Å². The van der Waals surface area contributed by atoms with Gasteiger partial charge in [0, 0.05) is 29.2 Å². The molecule has 3 rings (SSSR count). The van der Waals surface area contributed by atoms with Crippen LogP contribution in [0.4, 0.5) is 11.4 Å². The van der Waals surface area contributed by atoms with E-state index in [4.69, 9.17) is 4.74 Å². The summed E-state index contributed by atoms with van der Waals surface area (Å²) >= 11 is 0. The zero-order chi connectivity index (χ0) is 19.6.